The minimum atomic E-state index is 0.661. The first-order valence-corrected chi connectivity index (χ1v) is 6.69. The average Bonchev–Trinajstić information content (AvgIpc) is 2.51. The molecule has 1 aliphatic rings. The van der Waals surface area contributed by atoms with Crippen molar-refractivity contribution in [3.8, 4) is 0 Å². The zero-order valence-electron chi connectivity index (χ0n) is 9.92. The fourth-order valence-corrected chi connectivity index (χ4v) is 2.85. The summed E-state index contributed by atoms with van der Waals surface area (Å²) in [5.74, 6) is 1.30. The van der Waals surface area contributed by atoms with Crippen molar-refractivity contribution in [3.63, 3.8) is 0 Å². The van der Waals surface area contributed by atoms with Crippen molar-refractivity contribution in [2.24, 2.45) is 0 Å². The van der Waals surface area contributed by atoms with E-state index in [1.165, 1.54) is 12.2 Å². The summed E-state index contributed by atoms with van der Waals surface area (Å²) in [6, 6.07) is 1.42. The van der Waals surface area contributed by atoms with E-state index in [1.54, 1.807) is 0 Å². The molecule has 0 aromatic heterocycles. The van der Waals surface area contributed by atoms with E-state index in [0.717, 1.165) is 24.4 Å². The zero-order chi connectivity index (χ0) is 10.6. The molecule has 0 bridgehead atoms. The molecule has 2 nitrogen and oxygen atoms in total. The van der Waals surface area contributed by atoms with Crippen molar-refractivity contribution >= 4 is 11.8 Å². The van der Waals surface area contributed by atoms with Gasteiger partial charge in [0.25, 0.3) is 0 Å². The number of nitrogens with zero attached hydrogens (tertiary/aromatic N) is 1. The predicted octanol–water partition coefficient (Wildman–Crippen LogP) is 1.81. The number of likely N-dealkylation sites (N-methyl/N-ethyl adjacent to an activating group) is 1. The quantitative estimate of drug-likeness (QED) is 0.754. The third kappa shape index (κ3) is 4.20. The molecule has 2 atom stereocenters. The highest BCUT2D eigenvalue weighted by atomic mass is 32.2. The molecular formula is C11H24N2S. The lowest BCUT2D eigenvalue weighted by Gasteiger charge is -2.22. The summed E-state index contributed by atoms with van der Waals surface area (Å²) in [6.07, 6.45) is 1.34. The van der Waals surface area contributed by atoms with Gasteiger partial charge in [0.2, 0.25) is 0 Å². The molecule has 0 spiro atoms. The summed E-state index contributed by atoms with van der Waals surface area (Å²) < 4.78 is 0. The summed E-state index contributed by atoms with van der Waals surface area (Å²) in [5, 5.41) is 4.49. The lowest BCUT2D eigenvalue weighted by atomic mass is 10.2. The van der Waals surface area contributed by atoms with Gasteiger partial charge in [0.05, 0.1) is 0 Å². The van der Waals surface area contributed by atoms with Crippen molar-refractivity contribution in [1.29, 1.82) is 0 Å². The van der Waals surface area contributed by atoms with Crippen molar-refractivity contribution in [2.45, 2.75) is 44.5 Å². The minimum Gasteiger partial charge on any atom is -0.312 e. The highest BCUT2D eigenvalue weighted by Gasteiger charge is 2.20. The van der Waals surface area contributed by atoms with Gasteiger partial charge in [-0.1, -0.05) is 6.92 Å². The predicted molar refractivity (Wildman–Crippen MR) is 66.1 cm³/mol. The van der Waals surface area contributed by atoms with Crippen LogP contribution < -0.4 is 5.32 Å². The van der Waals surface area contributed by atoms with Gasteiger partial charge >= 0.3 is 0 Å². The Labute approximate surface area is 92.8 Å². The Balaban J connectivity index is 2.04. The van der Waals surface area contributed by atoms with Gasteiger partial charge in [-0.2, -0.15) is 11.8 Å². The van der Waals surface area contributed by atoms with Crippen LogP contribution in [0, 0.1) is 0 Å². The molecule has 1 aliphatic heterocycles. The van der Waals surface area contributed by atoms with Crippen molar-refractivity contribution in [1.82, 2.24) is 10.2 Å². The maximum Gasteiger partial charge on any atom is 0.0169 e. The van der Waals surface area contributed by atoms with Crippen LogP contribution in [0.25, 0.3) is 0 Å². The molecule has 1 heterocycles. The molecule has 14 heavy (non-hydrogen) atoms. The van der Waals surface area contributed by atoms with Crippen LogP contribution in [0.5, 0.6) is 0 Å². The van der Waals surface area contributed by atoms with E-state index in [1.807, 2.05) is 0 Å². The second-order valence-electron chi connectivity index (χ2n) is 4.61. The monoisotopic (exact) mass is 216 g/mol. The molecule has 1 N–H and O–H groups in total. The van der Waals surface area contributed by atoms with Crippen LogP contribution in [0.4, 0.5) is 0 Å². The van der Waals surface area contributed by atoms with Gasteiger partial charge in [-0.3, -0.25) is 0 Å². The van der Waals surface area contributed by atoms with E-state index in [9.17, 15) is 0 Å². The van der Waals surface area contributed by atoms with Crippen LogP contribution in [0.2, 0.25) is 0 Å². The van der Waals surface area contributed by atoms with E-state index >= 15 is 0 Å². The SMILES string of the molecule is CC1CC(NCCN(C)C(C)C)CS1. The molecule has 0 amide bonds. The van der Waals surface area contributed by atoms with Crippen molar-refractivity contribution < 1.29 is 0 Å². The van der Waals surface area contributed by atoms with Gasteiger partial charge in [0.1, 0.15) is 0 Å². The topological polar surface area (TPSA) is 15.3 Å². The number of nitrogens with one attached hydrogen (secondary N) is 1. The van der Waals surface area contributed by atoms with Crippen LogP contribution in [-0.2, 0) is 0 Å². The molecule has 1 fully saturated rings. The van der Waals surface area contributed by atoms with Gasteiger partial charge in [-0.15, -0.1) is 0 Å². The first-order valence-electron chi connectivity index (χ1n) is 5.65. The van der Waals surface area contributed by atoms with E-state index in [2.05, 4.69) is 49.8 Å². The summed E-state index contributed by atoms with van der Waals surface area (Å²) in [5.41, 5.74) is 0. The molecule has 2 unspecified atom stereocenters. The van der Waals surface area contributed by atoms with Crippen LogP contribution in [0.1, 0.15) is 27.2 Å². The van der Waals surface area contributed by atoms with Gasteiger partial charge in [0, 0.05) is 36.2 Å². The molecular weight excluding hydrogens is 192 g/mol. The summed E-state index contributed by atoms with van der Waals surface area (Å²) in [4.78, 5) is 2.39. The molecule has 3 heteroatoms. The third-order valence-corrected chi connectivity index (χ3v) is 4.33. The Kier molecular flexibility index (Phi) is 5.28. The molecule has 1 rings (SSSR count). The normalized spacial score (nSPS) is 27.9. The lowest BCUT2D eigenvalue weighted by Crippen LogP contribution is -2.38. The number of hydrogen-bond donors (Lipinski definition) is 1. The second kappa shape index (κ2) is 5.99. The molecule has 1 saturated heterocycles. The highest BCUT2D eigenvalue weighted by Crippen LogP contribution is 2.25. The average molecular weight is 216 g/mol. The summed E-state index contributed by atoms with van der Waals surface area (Å²) >= 11 is 2.09. The summed E-state index contributed by atoms with van der Waals surface area (Å²) in [7, 11) is 2.19. The second-order valence-corrected chi connectivity index (χ2v) is 6.08. The van der Waals surface area contributed by atoms with Crippen molar-refractivity contribution in [3.05, 3.63) is 0 Å². The number of hydrogen-bond acceptors (Lipinski definition) is 3. The van der Waals surface area contributed by atoms with Crippen LogP contribution >= 0.6 is 11.8 Å². The number of rotatable bonds is 5. The zero-order valence-corrected chi connectivity index (χ0v) is 10.7. The lowest BCUT2D eigenvalue weighted by molar-refractivity contribution is 0.269. The van der Waals surface area contributed by atoms with E-state index < -0.39 is 0 Å². The Bertz CT molecular complexity index is 161. The standard InChI is InChI=1S/C11H24N2S/c1-9(2)13(4)6-5-12-11-7-10(3)14-8-11/h9-12H,5-8H2,1-4H3. The van der Waals surface area contributed by atoms with E-state index in [-0.39, 0.29) is 0 Å². The molecule has 0 aliphatic carbocycles. The van der Waals surface area contributed by atoms with E-state index in [4.69, 9.17) is 0 Å². The van der Waals surface area contributed by atoms with Gasteiger partial charge in [0.15, 0.2) is 0 Å². The Morgan fingerprint density at radius 2 is 2.21 bits per heavy atom. The molecule has 0 saturated carbocycles. The summed E-state index contributed by atoms with van der Waals surface area (Å²) in [6.45, 7) is 9.10. The largest absolute Gasteiger partial charge is 0.312 e. The van der Waals surface area contributed by atoms with Gasteiger partial charge in [-0.05, 0) is 27.3 Å². The fraction of sp³-hybridized carbons (Fsp3) is 1.00. The Morgan fingerprint density at radius 1 is 1.50 bits per heavy atom. The van der Waals surface area contributed by atoms with Crippen molar-refractivity contribution in [2.75, 3.05) is 25.9 Å². The van der Waals surface area contributed by atoms with Gasteiger partial charge < -0.3 is 10.2 Å². The third-order valence-electron chi connectivity index (χ3n) is 2.98. The first-order chi connectivity index (χ1) is 6.59. The molecule has 0 aromatic carbocycles. The highest BCUT2D eigenvalue weighted by molar-refractivity contribution is 8.00. The van der Waals surface area contributed by atoms with Crippen LogP contribution in [0.15, 0.2) is 0 Å². The molecule has 0 radical (unpaired) electrons. The van der Waals surface area contributed by atoms with E-state index in [0.29, 0.717) is 6.04 Å². The molecule has 84 valence electrons. The molecule has 0 aromatic rings. The maximum atomic E-state index is 3.64. The minimum absolute atomic E-state index is 0.661. The Hall–Kier alpha value is 0.270. The maximum absolute atomic E-state index is 3.64. The smallest absolute Gasteiger partial charge is 0.0169 e. The van der Waals surface area contributed by atoms with Gasteiger partial charge in [-0.25, -0.2) is 0 Å². The van der Waals surface area contributed by atoms with Crippen LogP contribution in [0.3, 0.4) is 0 Å². The number of thioether (sulfide) groups is 1. The fourth-order valence-electron chi connectivity index (χ4n) is 1.66. The first kappa shape index (κ1) is 12.3. The van der Waals surface area contributed by atoms with Crippen LogP contribution in [-0.4, -0.2) is 48.1 Å². The Morgan fingerprint density at radius 3 is 2.71 bits per heavy atom.